The number of benzene rings is 2. The molecule has 6 heteroatoms. The van der Waals surface area contributed by atoms with Crippen LogP contribution in [0, 0.1) is 19.7 Å². The molecule has 0 saturated heterocycles. The van der Waals surface area contributed by atoms with Crippen molar-refractivity contribution in [3.63, 3.8) is 0 Å². The van der Waals surface area contributed by atoms with Crippen molar-refractivity contribution in [3.8, 4) is 5.75 Å². The van der Waals surface area contributed by atoms with Crippen LogP contribution in [-0.4, -0.2) is 28.7 Å². The van der Waals surface area contributed by atoms with E-state index in [4.69, 9.17) is 21.7 Å². The van der Waals surface area contributed by atoms with Crippen molar-refractivity contribution in [1.29, 1.82) is 0 Å². The molecule has 4 nitrogen and oxygen atoms in total. The van der Waals surface area contributed by atoms with Crippen LogP contribution in [0.25, 0.3) is 10.9 Å². The molecule has 0 aliphatic heterocycles. The van der Waals surface area contributed by atoms with Gasteiger partial charge in [-0.1, -0.05) is 49.0 Å². The van der Waals surface area contributed by atoms with E-state index in [0.717, 1.165) is 34.2 Å². The van der Waals surface area contributed by atoms with E-state index in [1.807, 2.05) is 56.5 Å². The normalized spacial score (nSPS) is 12.1. The summed E-state index contributed by atoms with van der Waals surface area (Å²) in [5.74, 6) is -0.683. The molecule has 30 heavy (non-hydrogen) atoms. The van der Waals surface area contributed by atoms with Gasteiger partial charge in [-0.25, -0.2) is 4.39 Å². The quantitative estimate of drug-likeness (QED) is 0.384. The standard InChI is InChI=1S/C24H26FNO3S/c1-6-15(3)29-23(27)12-18-16(4)26(24(30)17-9-7-14(2)8-10-17)21-13-20(25)22(28-5)11-19(18)21/h7-11,13,15H,6,12H2,1-5H3. The first-order valence-corrected chi connectivity index (χ1v) is 10.4. The molecular formula is C24H26FNO3S. The number of hydrogen-bond acceptors (Lipinski definition) is 4. The molecule has 0 fully saturated rings. The number of nitrogens with zero attached hydrogens (tertiary/aromatic N) is 1. The van der Waals surface area contributed by atoms with Gasteiger partial charge in [0.1, 0.15) is 4.99 Å². The summed E-state index contributed by atoms with van der Waals surface area (Å²) in [6.07, 6.45) is 0.653. The van der Waals surface area contributed by atoms with Crippen LogP contribution in [0.5, 0.6) is 5.75 Å². The Kier molecular flexibility index (Phi) is 6.56. The number of aromatic nitrogens is 1. The summed E-state index contributed by atoms with van der Waals surface area (Å²) in [7, 11) is 1.42. The van der Waals surface area contributed by atoms with Gasteiger partial charge >= 0.3 is 5.97 Å². The lowest BCUT2D eigenvalue weighted by atomic mass is 10.1. The van der Waals surface area contributed by atoms with Gasteiger partial charge in [0.25, 0.3) is 0 Å². The molecule has 158 valence electrons. The minimum Gasteiger partial charge on any atom is -0.494 e. The molecule has 0 spiro atoms. The zero-order valence-corrected chi connectivity index (χ0v) is 18.7. The number of rotatable bonds is 6. The molecule has 0 aliphatic carbocycles. The minimum atomic E-state index is -0.482. The summed E-state index contributed by atoms with van der Waals surface area (Å²) < 4.78 is 27.0. The fraction of sp³-hybridized carbons (Fsp3) is 0.333. The summed E-state index contributed by atoms with van der Waals surface area (Å²) in [6.45, 7) is 7.71. The van der Waals surface area contributed by atoms with Gasteiger partial charge in [0.2, 0.25) is 0 Å². The van der Waals surface area contributed by atoms with Gasteiger partial charge in [-0.05, 0) is 38.8 Å². The van der Waals surface area contributed by atoms with E-state index < -0.39 is 5.82 Å². The Hall–Kier alpha value is -2.73. The van der Waals surface area contributed by atoms with E-state index in [1.165, 1.54) is 13.2 Å². The van der Waals surface area contributed by atoms with Gasteiger partial charge in [-0.3, -0.25) is 4.79 Å². The van der Waals surface area contributed by atoms with Crippen LogP contribution < -0.4 is 4.74 Å². The second kappa shape index (κ2) is 8.96. The molecule has 1 atom stereocenters. The Labute approximate surface area is 181 Å². The monoisotopic (exact) mass is 427 g/mol. The molecule has 0 saturated carbocycles. The Bertz CT molecular complexity index is 1100. The van der Waals surface area contributed by atoms with E-state index in [2.05, 4.69) is 0 Å². The first-order valence-electron chi connectivity index (χ1n) is 9.95. The van der Waals surface area contributed by atoms with Crippen LogP contribution in [0.4, 0.5) is 4.39 Å². The maximum absolute atomic E-state index is 14.6. The minimum absolute atomic E-state index is 0.0744. The maximum Gasteiger partial charge on any atom is 0.310 e. The fourth-order valence-electron chi connectivity index (χ4n) is 3.44. The van der Waals surface area contributed by atoms with Gasteiger partial charge < -0.3 is 14.0 Å². The van der Waals surface area contributed by atoms with Crippen molar-refractivity contribution in [2.75, 3.05) is 7.11 Å². The summed E-state index contributed by atoms with van der Waals surface area (Å²) >= 11 is 5.76. The number of hydrogen-bond donors (Lipinski definition) is 0. The number of carbonyl (C=O) groups excluding carboxylic acids is 1. The SMILES string of the molecule is CCC(C)OC(=O)Cc1c(C)n(C(=S)c2ccc(C)cc2)c2cc(F)c(OC)cc12. The second-order valence-electron chi connectivity index (χ2n) is 7.46. The Balaban J connectivity index is 2.16. The molecule has 1 heterocycles. The third-order valence-electron chi connectivity index (χ3n) is 5.34. The van der Waals surface area contributed by atoms with Crippen LogP contribution in [0.15, 0.2) is 36.4 Å². The van der Waals surface area contributed by atoms with Crippen molar-refractivity contribution in [3.05, 3.63) is 64.6 Å². The number of halogens is 1. The van der Waals surface area contributed by atoms with Crippen molar-refractivity contribution in [2.45, 2.75) is 46.6 Å². The highest BCUT2D eigenvalue weighted by molar-refractivity contribution is 7.80. The molecular weight excluding hydrogens is 401 g/mol. The molecule has 0 bridgehead atoms. The van der Waals surface area contributed by atoms with Crippen LogP contribution in [-0.2, 0) is 16.0 Å². The summed E-state index contributed by atoms with van der Waals surface area (Å²) in [6, 6.07) is 10.9. The predicted octanol–water partition coefficient (Wildman–Crippen LogP) is 5.51. The maximum atomic E-state index is 14.6. The number of carbonyl (C=O) groups is 1. The topological polar surface area (TPSA) is 40.5 Å². The lowest BCUT2D eigenvalue weighted by Gasteiger charge is -2.12. The first kappa shape index (κ1) is 22.0. The molecule has 3 aromatic rings. The highest BCUT2D eigenvalue weighted by atomic mass is 32.1. The molecule has 0 radical (unpaired) electrons. The zero-order chi connectivity index (χ0) is 22.0. The summed E-state index contributed by atoms with van der Waals surface area (Å²) in [4.78, 5) is 13.1. The lowest BCUT2D eigenvalue weighted by Crippen LogP contribution is -2.17. The molecule has 2 aromatic carbocycles. The van der Waals surface area contributed by atoms with Gasteiger partial charge in [0.15, 0.2) is 11.6 Å². The lowest BCUT2D eigenvalue weighted by molar-refractivity contribution is -0.147. The van der Waals surface area contributed by atoms with Crippen molar-refractivity contribution < 1.29 is 18.7 Å². The number of thiocarbonyl (C=S) groups is 1. The first-order chi connectivity index (χ1) is 14.3. The fourth-order valence-corrected chi connectivity index (χ4v) is 3.81. The Morgan fingerprint density at radius 1 is 1.20 bits per heavy atom. The van der Waals surface area contributed by atoms with E-state index in [9.17, 15) is 9.18 Å². The van der Waals surface area contributed by atoms with Gasteiger partial charge in [-0.15, -0.1) is 0 Å². The molecule has 0 N–H and O–H groups in total. The predicted molar refractivity (Wildman–Crippen MR) is 121 cm³/mol. The Morgan fingerprint density at radius 2 is 1.87 bits per heavy atom. The van der Waals surface area contributed by atoms with Crippen molar-refractivity contribution >= 4 is 34.1 Å². The average Bonchev–Trinajstić information content (AvgIpc) is 2.97. The largest absolute Gasteiger partial charge is 0.494 e. The van der Waals surface area contributed by atoms with Gasteiger partial charge in [0, 0.05) is 22.7 Å². The zero-order valence-electron chi connectivity index (χ0n) is 17.9. The molecule has 1 unspecified atom stereocenters. The third-order valence-corrected chi connectivity index (χ3v) is 5.76. The van der Waals surface area contributed by atoms with Crippen molar-refractivity contribution in [2.24, 2.45) is 0 Å². The third kappa shape index (κ3) is 4.24. The number of esters is 1. The number of methoxy groups -OCH3 is 1. The molecule has 1 aromatic heterocycles. The second-order valence-corrected chi connectivity index (χ2v) is 7.85. The van der Waals surface area contributed by atoms with E-state index >= 15 is 0 Å². The number of ether oxygens (including phenoxy) is 2. The molecule has 3 rings (SSSR count). The van der Waals surface area contributed by atoms with Crippen molar-refractivity contribution in [1.82, 2.24) is 4.57 Å². The van der Waals surface area contributed by atoms with Crippen LogP contribution in [0.2, 0.25) is 0 Å². The highest BCUT2D eigenvalue weighted by Gasteiger charge is 2.23. The molecule has 0 aliphatic rings. The number of aryl methyl sites for hydroxylation is 1. The number of fused-ring (bicyclic) bond motifs is 1. The van der Waals surface area contributed by atoms with E-state index in [1.54, 1.807) is 6.07 Å². The van der Waals surface area contributed by atoms with Crippen LogP contribution in [0.3, 0.4) is 0 Å². The summed E-state index contributed by atoms with van der Waals surface area (Å²) in [5, 5.41) is 0.723. The van der Waals surface area contributed by atoms with Crippen LogP contribution in [0.1, 0.15) is 42.7 Å². The molecule has 0 amide bonds. The van der Waals surface area contributed by atoms with Crippen LogP contribution >= 0.6 is 12.2 Å². The highest BCUT2D eigenvalue weighted by Crippen LogP contribution is 2.33. The van der Waals surface area contributed by atoms with Gasteiger partial charge in [0.05, 0.1) is 25.2 Å². The van der Waals surface area contributed by atoms with E-state index in [0.29, 0.717) is 10.5 Å². The smallest absolute Gasteiger partial charge is 0.310 e. The van der Waals surface area contributed by atoms with E-state index in [-0.39, 0.29) is 24.2 Å². The average molecular weight is 428 g/mol. The summed E-state index contributed by atoms with van der Waals surface area (Å²) in [5.41, 5.74) is 4.11. The van der Waals surface area contributed by atoms with Gasteiger partial charge in [-0.2, -0.15) is 0 Å². The Morgan fingerprint density at radius 3 is 2.47 bits per heavy atom.